The zero-order chi connectivity index (χ0) is 26.9. The highest BCUT2D eigenvalue weighted by Crippen LogP contribution is 2.56. The van der Waals surface area contributed by atoms with Crippen LogP contribution in [-0.4, -0.2) is 0 Å². The zero-order valence-electron chi connectivity index (χ0n) is 26.6. The molecular formula is C39H66. The van der Waals surface area contributed by atoms with E-state index in [1.165, 1.54) is 57.8 Å². The first-order chi connectivity index (χ1) is 19.0. The van der Waals surface area contributed by atoms with Crippen LogP contribution in [0.4, 0.5) is 0 Å². The van der Waals surface area contributed by atoms with Gasteiger partial charge in [0.25, 0.3) is 0 Å². The van der Waals surface area contributed by atoms with Gasteiger partial charge in [-0.1, -0.05) is 90.7 Å². The summed E-state index contributed by atoms with van der Waals surface area (Å²) in [5, 5.41) is 0. The van der Waals surface area contributed by atoms with Crippen molar-refractivity contribution in [3.05, 3.63) is 12.2 Å². The van der Waals surface area contributed by atoms with E-state index in [0.717, 1.165) is 76.9 Å². The maximum absolute atomic E-state index is 4.78. The van der Waals surface area contributed by atoms with Crippen LogP contribution in [0.15, 0.2) is 12.2 Å². The fourth-order valence-corrected chi connectivity index (χ4v) is 12.7. The van der Waals surface area contributed by atoms with E-state index < -0.39 is 0 Å². The number of rotatable bonds is 7. The highest BCUT2D eigenvalue weighted by atomic mass is 14.5. The molecule has 0 heterocycles. The van der Waals surface area contributed by atoms with Crippen molar-refractivity contribution in [2.45, 2.75) is 156 Å². The molecule has 6 fully saturated rings. The van der Waals surface area contributed by atoms with Crippen LogP contribution in [0.3, 0.4) is 0 Å². The molecule has 0 amide bonds. The van der Waals surface area contributed by atoms with Crippen LogP contribution < -0.4 is 0 Å². The van der Waals surface area contributed by atoms with Gasteiger partial charge in [0.2, 0.25) is 0 Å². The summed E-state index contributed by atoms with van der Waals surface area (Å²) in [6, 6.07) is 0. The van der Waals surface area contributed by atoms with Gasteiger partial charge in [-0.3, -0.25) is 0 Å². The average Bonchev–Trinajstić information content (AvgIpc) is 3.59. The first-order valence-electron chi connectivity index (χ1n) is 18.7. The Kier molecular flexibility index (Phi) is 9.57. The molecule has 0 bridgehead atoms. The fraction of sp³-hybridized carbons (Fsp3) is 0.949. The molecule has 9 unspecified atom stereocenters. The molecule has 222 valence electrons. The van der Waals surface area contributed by atoms with Gasteiger partial charge >= 0.3 is 0 Å². The fourth-order valence-electron chi connectivity index (χ4n) is 12.7. The third-order valence-corrected chi connectivity index (χ3v) is 14.9. The van der Waals surface area contributed by atoms with E-state index in [1.807, 2.05) is 0 Å². The molecule has 0 aliphatic heterocycles. The van der Waals surface area contributed by atoms with Gasteiger partial charge < -0.3 is 0 Å². The number of allylic oxidation sites excluding steroid dienone is 1. The van der Waals surface area contributed by atoms with E-state index in [1.54, 1.807) is 82.6 Å². The highest BCUT2D eigenvalue weighted by Gasteiger charge is 2.46. The second-order valence-electron chi connectivity index (χ2n) is 16.9. The van der Waals surface area contributed by atoms with Crippen molar-refractivity contribution in [3.63, 3.8) is 0 Å². The van der Waals surface area contributed by atoms with Crippen molar-refractivity contribution in [2.24, 2.45) is 76.9 Å². The van der Waals surface area contributed by atoms with Gasteiger partial charge in [-0.25, -0.2) is 0 Å². The normalized spacial score (nSPS) is 46.6. The number of hydrogen-bond acceptors (Lipinski definition) is 0. The molecule has 0 N–H and O–H groups in total. The Hall–Kier alpha value is -0.260. The van der Waals surface area contributed by atoms with Gasteiger partial charge in [0.05, 0.1) is 0 Å². The molecular weight excluding hydrogens is 468 g/mol. The van der Waals surface area contributed by atoms with E-state index in [0.29, 0.717) is 0 Å². The zero-order valence-corrected chi connectivity index (χ0v) is 26.6. The largest absolute Gasteiger partial charge is 0.0996 e. The number of hydrogen-bond donors (Lipinski definition) is 0. The van der Waals surface area contributed by atoms with Gasteiger partial charge in [0.1, 0.15) is 0 Å². The van der Waals surface area contributed by atoms with Gasteiger partial charge in [0, 0.05) is 0 Å². The first kappa shape index (κ1) is 28.8. The van der Waals surface area contributed by atoms with E-state index in [2.05, 4.69) is 20.8 Å². The predicted molar refractivity (Wildman–Crippen MR) is 168 cm³/mol. The summed E-state index contributed by atoms with van der Waals surface area (Å²) >= 11 is 0. The highest BCUT2D eigenvalue weighted by molar-refractivity contribution is 5.08. The van der Waals surface area contributed by atoms with E-state index in [4.69, 9.17) is 6.58 Å². The smallest absolute Gasteiger partial charge is 0.0154 e. The summed E-state index contributed by atoms with van der Waals surface area (Å²) in [6.45, 7) is 12.5. The van der Waals surface area contributed by atoms with Crippen LogP contribution in [0.2, 0.25) is 0 Å². The lowest BCUT2D eigenvalue weighted by molar-refractivity contribution is 0.0856. The second-order valence-corrected chi connectivity index (χ2v) is 16.9. The summed E-state index contributed by atoms with van der Waals surface area (Å²) in [5.41, 5.74) is 1.66. The third kappa shape index (κ3) is 6.41. The van der Waals surface area contributed by atoms with Crippen LogP contribution in [-0.2, 0) is 0 Å². The van der Waals surface area contributed by atoms with Crippen LogP contribution in [0.1, 0.15) is 156 Å². The monoisotopic (exact) mass is 535 g/mol. The molecule has 39 heavy (non-hydrogen) atoms. The SMILES string of the molecule is C=C(CC1CCCC1C1CC2CCC(C(C)C3CCC(C4CCCCC4)CC3)CC2C1)C1C(C)CCCC1C. The van der Waals surface area contributed by atoms with Gasteiger partial charge in [-0.15, -0.1) is 0 Å². The summed E-state index contributed by atoms with van der Waals surface area (Å²) in [7, 11) is 0. The molecule has 0 spiro atoms. The van der Waals surface area contributed by atoms with Gasteiger partial charge in [0.15, 0.2) is 0 Å². The topological polar surface area (TPSA) is 0 Å². The van der Waals surface area contributed by atoms with E-state index in [9.17, 15) is 0 Å². The average molecular weight is 535 g/mol. The van der Waals surface area contributed by atoms with Crippen molar-refractivity contribution < 1.29 is 0 Å². The van der Waals surface area contributed by atoms with Crippen LogP contribution in [0.25, 0.3) is 0 Å². The lowest BCUT2D eigenvalue weighted by Crippen LogP contribution is -2.32. The quantitative estimate of drug-likeness (QED) is 0.285. The summed E-state index contributed by atoms with van der Waals surface area (Å²) in [6.07, 6.45) is 32.2. The van der Waals surface area contributed by atoms with Crippen molar-refractivity contribution in [2.75, 3.05) is 0 Å². The van der Waals surface area contributed by atoms with Crippen LogP contribution in [0, 0.1) is 76.9 Å². The van der Waals surface area contributed by atoms with Crippen molar-refractivity contribution in [1.29, 1.82) is 0 Å². The third-order valence-electron chi connectivity index (χ3n) is 14.9. The van der Waals surface area contributed by atoms with Gasteiger partial charge in [-0.05, 0) is 154 Å². The minimum Gasteiger partial charge on any atom is -0.0996 e. The molecule has 6 aliphatic carbocycles. The molecule has 0 aromatic rings. The van der Waals surface area contributed by atoms with Crippen molar-refractivity contribution in [1.82, 2.24) is 0 Å². The lowest BCUT2D eigenvalue weighted by Gasteiger charge is -2.42. The lowest BCUT2D eigenvalue weighted by atomic mass is 9.63. The Balaban J connectivity index is 0.990. The molecule has 0 radical (unpaired) electrons. The number of fused-ring (bicyclic) bond motifs is 1. The molecule has 0 heteroatoms. The van der Waals surface area contributed by atoms with Crippen LogP contribution >= 0.6 is 0 Å². The summed E-state index contributed by atoms with van der Waals surface area (Å²) in [5.74, 6) is 13.1. The first-order valence-corrected chi connectivity index (χ1v) is 18.7. The molecule has 6 saturated carbocycles. The minimum atomic E-state index is 0.811. The Labute approximate surface area is 244 Å². The predicted octanol–water partition coefficient (Wildman–Crippen LogP) is 11.9. The standard InChI is InChI=1S/C39H66/c1-26-10-8-11-27(2)39(26)28(3)22-35-14-9-15-38(35)37-24-34-21-20-33(23-36(34)25-37)29(4)30-16-18-32(19-17-30)31-12-6-5-7-13-31/h26-27,29-39H,3,5-25H2,1-2,4H3. The molecule has 6 aliphatic rings. The Morgan fingerprint density at radius 3 is 1.92 bits per heavy atom. The van der Waals surface area contributed by atoms with E-state index in [-0.39, 0.29) is 0 Å². The molecule has 0 nitrogen and oxygen atoms in total. The van der Waals surface area contributed by atoms with Crippen LogP contribution in [0.5, 0.6) is 0 Å². The minimum absolute atomic E-state index is 0.811. The van der Waals surface area contributed by atoms with Crippen molar-refractivity contribution >= 4 is 0 Å². The van der Waals surface area contributed by atoms with Crippen molar-refractivity contribution in [3.8, 4) is 0 Å². The molecule has 0 aromatic heterocycles. The molecule has 0 aromatic carbocycles. The maximum Gasteiger partial charge on any atom is -0.0154 e. The molecule has 9 atom stereocenters. The molecule has 0 saturated heterocycles. The van der Waals surface area contributed by atoms with E-state index >= 15 is 0 Å². The summed E-state index contributed by atoms with van der Waals surface area (Å²) < 4.78 is 0. The molecule has 6 rings (SSSR count). The maximum atomic E-state index is 4.78. The second kappa shape index (κ2) is 12.9. The van der Waals surface area contributed by atoms with Gasteiger partial charge in [-0.2, -0.15) is 0 Å². The summed E-state index contributed by atoms with van der Waals surface area (Å²) in [4.78, 5) is 0. The Morgan fingerprint density at radius 1 is 0.564 bits per heavy atom. The Bertz CT molecular complexity index is 770. The Morgan fingerprint density at radius 2 is 1.18 bits per heavy atom.